The van der Waals surface area contributed by atoms with E-state index >= 15 is 0 Å². The first-order valence-corrected chi connectivity index (χ1v) is 28.1. The van der Waals surface area contributed by atoms with Crippen molar-refractivity contribution in [1.29, 1.82) is 0 Å². The smallest absolute Gasteiger partial charge is 0.306 e. The number of hydrogen-bond donors (Lipinski definition) is 0. The molecule has 67 heavy (non-hydrogen) atoms. The molecular weight excluding hydrogens is 829 g/mol. The summed E-state index contributed by atoms with van der Waals surface area (Å²) in [5.74, 6) is -0.966. The van der Waals surface area contributed by atoms with Gasteiger partial charge in [0.1, 0.15) is 13.2 Å². The molecule has 0 rings (SSSR count). The Bertz CT molecular complexity index is 1300. The van der Waals surface area contributed by atoms with E-state index in [2.05, 4.69) is 106 Å². The van der Waals surface area contributed by atoms with E-state index in [1.165, 1.54) is 141 Å². The molecule has 6 nitrogen and oxygen atoms in total. The van der Waals surface area contributed by atoms with Gasteiger partial charge >= 0.3 is 17.9 Å². The second-order valence-electron chi connectivity index (χ2n) is 18.5. The summed E-state index contributed by atoms with van der Waals surface area (Å²) in [6, 6.07) is 0. The van der Waals surface area contributed by atoms with Gasteiger partial charge in [-0.3, -0.25) is 14.4 Å². The average Bonchev–Trinajstić information content (AvgIpc) is 3.33. The highest BCUT2D eigenvalue weighted by molar-refractivity contribution is 5.71. The monoisotopic (exact) mass is 933 g/mol. The fraction of sp³-hybridized carbons (Fsp3) is 0.721. The van der Waals surface area contributed by atoms with E-state index < -0.39 is 6.10 Å². The Labute approximate surface area is 414 Å². The first kappa shape index (κ1) is 63.6. The van der Waals surface area contributed by atoms with Gasteiger partial charge in [-0.2, -0.15) is 0 Å². The first-order valence-electron chi connectivity index (χ1n) is 28.1. The molecule has 384 valence electrons. The van der Waals surface area contributed by atoms with Crippen molar-refractivity contribution in [2.75, 3.05) is 13.2 Å². The van der Waals surface area contributed by atoms with E-state index in [9.17, 15) is 14.4 Å². The van der Waals surface area contributed by atoms with Crippen LogP contribution in [0.1, 0.15) is 265 Å². The van der Waals surface area contributed by atoms with Crippen LogP contribution in [-0.2, 0) is 28.6 Å². The summed E-state index contributed by atoms with van der Waals surface area (Å²) in [5.41, 5.74) is 0. The zero-order valence-corrected chi connectivity index (χ0v) is 43.9. The minimum absolute atomic E-state index is 0.0990. The van der Waals surface area contributed by atoms with Crippen molar-refractivity contribution in [2.45, 2.75) is 271 Å². The SMILES string of the molecule is CCCCC/C=C/C/C=C/C/C=C/C/C=C/CCCC(=O)OC[C@@H](COC(=O)CCCCCCCCC/C=C/CCCCCC)OC(=O)CCCCCCCCC/C=C/C/C=C/CCCCC. The molecule has 0 aromatic carbocycles. The summed E-state index contributed by atoms with van der Waals surface area (Å²) in [6.45, 7) is 6.52. The van der Waals surface area contributed by atoms with Gasteiger partial charge in [-0.25, -0.2) is 0 Å². The van der Waals surface area contributed by atoms with Crippen molar-refractivity contribution in [1.82, 2.24) is 0 Å². The van der Waals surface area contributed by atoms with Crippen LogP contribution in [-0.4, -0.2) is 37.2 Å². The average molecular weight is 933 g/mol. The van der Waals surface area contributed by atoms with Crippen LogP contribution in [0.2, 0.25) is 0 Å². The third-order valence-corrected chi connectivity index (χ3v) is 11.8. The van der Waals surface area contributed by atoms with Gasteiger partial charge in [-0.1, -0.05) is 215 Å². The lowest BCUT2D eigenvalue weighted by Gasteiger charge is -2.18. The lowest BCUT2D eigenvalue weighted by molar-refractivity contribution is -0.167. The molecule has 0 saturated carbocycles. The van der Waals surface area contributed by atoms with Gasteiger partial charge in [0.25, 0.3) is 0 Å². The van der Waals surface area contributed by atoms with Crippen LogP contribution >= 0.6 is 0 Å². The van der Waals surface area contributed by atoms with Crippen LogP contribution in [0.25, 0.3) is 0 Å². The maximum Gasteiger partial charge on any atom is 0.306 e. The van der Waals surface area contributed by atoms with Crippen LogP contribution in [0.4, 0.5) is 0 Å². The topological polar surface area (TPSA) is 78.9 Å². The summed E-state index contributed by atoms with van der Waals surface area (Å²) < 4.78 is 16.8. The maximum absolute atomic E-state index is 12.8. The van der Waals surface area contributed by atoms with E-state index in [0.29, 0.717) is 19.3 Å². The third kappa shape index (κ3) is 53.4. The van der Waals surface area contributed by atoms with Crippen molar-refractivity contribution in [3.63, 3.8) is 0 Å². The molecule has 0 N–H and O–H groups in total. The van der Waals surface area contributed by atoms with Gasteiger partial charge in [-0.15, -0.1) is 0 Å². The molecule has 0 saturated heterocycles. The fourth-order valence-electron chi connectivity index (χ4n) is 7.58. The molecule has 6 heteroatoms. The summed E-state index contributed by atoms with van der Waals surface area (Å²) in [6.07, 6.45) is 71.4. The molecule has 0 unspecified atom stereocenters. The van der Waals surface area contributed by atoms with Crippen molar-refractivity contribution in [3.8, 4) is 0 Å². The van der Waals surface area contributed by atoms with E-state index in [4.69, 9.17) is 14.2 Å². The Hall–Kier alpha value is -3.41. The Morgan fingerprint density at radius 3 is 0.940 bits per heavy atom. The molecule has 0 heterocycles. The Kier molecular flexibility index (Phi) is 52.4. The van der Waals surface area contributed by atoms with Gasteiger partial charge in [0.15, 0.2) is 6.10 Å². The molecule has 0 aliphatic carbocycles. The molecule has 0 amide bonds. The first-order chi connectivity index (χ1) is 33.0. The normalized spacial score (nSPS) is 12.7. The number of carbonyl (C=O) groups excluding carboxylic acids is 3. The molecule has 0 bridgehead atoms. The van der Waals surface area contributed by atoms with Crippen molar-refractivity contribution in [2.24, 2.45) is 0 Å². The van der Waals surface area contributed by atoms with E-state index in [1.807, 2.05) is 0 Å². The predicted octanol–water partition coefficient (Wildman–Crippen LogP) is 18.8. The molecule has 1 atom stereocenters. The summed E-state index contributed by atoms with van der Waals surface area (Å²) in [7, 11) is 0. The van der Waals surface area contributed by atoms with Crippen LogP contribution < -0.4 is 0 Å². The Morgan fingerprint density at radius 2 is 0.552 bits per heavy atom. The molecule has 0 radical (unpaired) electrons. The maximum atomic E-state index is 12.8. The molecule has 0 aliphatic rings. The Balaban J connectivity index is 4.49. The van der Waals surface area contributed by atoms with Crippen molar-refractivity contribution < 1.29 is 28.6 Å². The lowest BCUT2D eigenvalue weighted by Crippen LogP contribution is -2.30. The quantitative estimate of drug-likeness (QED) is 0.0262. The minimum atomic E-state index is -0.805. The summed E-state index contributed by atoms with van der Waals surface area (Å²) >= 11 is 0. The van der Waals surface area contributed by atoms with Crippen LogP contribution in [0.5, 0.6) is 0 Å². The number of rotatable bonds is 50. The van der Waals surface area contributed by atoms with E-state index in [-0.39, 0.29) is 37.5 Å². The molecule has 0 aromatic heterocycles. The van der Waals surface area contributed by atoms with Crippen LogP contribution in [0, 0.1) is 0 Å². The molecule has 0 aliphatic heterocycles. The standard InChI is InChI=1S/C61H104O6/c1-4-7-10-13-16-19-22-25-28-30-33-36-39-42-45-48-51-54-60(63)66-57-58(56-65-59(62)53-50-47-44-41-38-35-32-27-24-21-18-15-12-9-6-3)67-61(64)55-52-49-46-43-40-37-34-31-29-26-23-20-17-14-11-8-5-2/h16-17,19-21,24-26,28-29,33,36,42,45,58H,4-15,18,22-23,27,30-32,34-35,37-41,43-44,46-57H2,1-3H3/b19-16+,20-17+,24-21+,28-25+,29-26+,36-33+,45-42+/t58-/m1/s1. The number of ether oxygens (including phenoxy) is 3. The number of hydrogen-bond acceptors (Lipinski definition) is 6. The van der Waals surface area contributed by atoms with E-state index in [0.717, 1.165) is 77.0 Å². The number of unbranched alkanes of at least 4 members (excludes halogenated alkanes) is 25. The molecule has 0 fully saturated rings. The Morgan fingerprint density at radius 1 is 0.299 bits per heavy atom. The van der Waals surface area contributed by atoms with Crippen LogP contribution in [0.3, 0.4) is 0 Å². The highest BCUT2D eigenvalue weighted by Crippen LogP contribution is 2.14. The summed E-state index contributed by atoms with van der Waals surface area (Å²) in [4.78, 5) is 38.1. The van der Waals surface area contributed by atoms with E-state index in [1.54, 1.807) is 0 Å². The second kappa shape index (κ2) is 55.2. The molecule has 0 aromatic rings. The van der Waals surface area contributed by atoms with Gasteiger partial charge in [-0.05, 0) is 116 Å². The minimum Gasteiger partial charge on any atom is -0.462 e. The van der Waals surface area contributed by atoms with Crippen molar-refractivity contribution in [3.05, 3.63) is 85.1 Å². The fourth-order valence-corrected chi connectivity index (χ4v) is 7.58. The van der Waals surface area contributed by atoms with Gasteiger partial charge in [0.05, 0.1) is 0 Å². The van der Waals surface area contributed by atoms with Crippen LogP contribution in [0.15, 0.2) is 85.1 Å². The number of esters is 3. The largest absolute Gasteiger partial charge is 0.462 e. The van der Waals surface area contributed by atoms with Gasteiger partial charge < -0.3 is 14.2 Å². The van der Waals surface area contributed by atoms with Crippen molar-refractivity contribution >= 4 is 17.9 Å². The predicted molar refractivity (Wildman–Crippen MR) is 288 cm³/mol. The third-order valence-electron chi connectivity index (χ3n) is 11.8. The molecule has 0 spiro atoms. The molecular formula is C61H104O6. The zero-order valence-electron chi connectivity index (χ0n) is 43.9. The highest BCUT2D eigenvalue weighted by Gasteiger charge is 2.19. The van der Waals surface area contributed by atoms with Gasteiger partial charge in [0, 0.05) is 19.3 Å². The lowest BCUT2D eigenvalue weighted by atomic mass is 10.1. The zero-order chi connectivity index (χ0) is 48.6. The summed E-state index contributed by atoms with van der Waals surface area (Å²) in [5, 5.41) is 0. The second-order valence-corrected chi connectivity index (χ2v) is 18.5. The number of carbonyl (C=O) groups is 3. The highest BCUT2D eigenvalue weighted by atomic mass is 16.6. The van der Waals surface area contributed by atoms with Gasteiger partial charge in [0.2, 0.25) is 0 Å². The number of allylic oxidation sites excluding steroid dienone is 14.